The van der Waals surface area contributed by atoms with Crippen LogP contribution in [0.25, 0.3) is 11.4 Å². The highest BCUT2D eigenvalue weighted by Crippen LogP contribution is 2.31. The van der Waals surface area contributed by atoms with Crippen LogP contribution in [-0.4, -0.2) is 92.8 Å². The van der Waals surface area contributed by atoms with Crippen molar-refractivity contribution in [3.63, 3.8) is 0 Å². The van der Waals surface area contributed by atoms with Crippen LogP contribution in [0.4, 0.5) is 4.79 Å². The first kappa shape index (κ1) is 30.3. The van der Waals surface area contributed by atoms with Crippen LogP contribution in [0.3, 0.4) is 0 Å². The van der Waals surface area contributed by atoms with Gasteiger partial charge >= 0.3 is 12.1 Å². The maximum absolute atomic E-state index is 13.5. The fourth-order valence-corrected chi connectivity index (χ4v) is 6.19. The van der Waals surface area contributed by atoms with Gasteiger partial charge in [-0.25, -0.2) is 14.8 Å². The van der Waals surface area contributed by atoms with E-state index in [0.717, 1.165) is 11.3 Å². The van der Waals surface area contributed by atoms with Gasteiger partial charge < -0.3 is 25.0 Å². The van der Waals surface area contributed by atoms with E-state index in [-0.39, 0.29) is 38.2 Å². The van der Waals surface area contributed by atoms with Gasteiger partial charge in [0.25, 0.3) is 5.91 Å². The molecule has 1 atom stereocenters. The smallest absolute Gasteiger partial charge is 0.409 e. The van der Waals surface area contributed by atoms with Crippen molar-refractivity contribution >= 4 is 35.6 Å². The number of hydrogen-bond acceptors (Lipinski definition) is 8. The number of piperazine rings is 1. The van der Waals surface area contributed by atoms with Crippen LogP contribution in [0.2, 0.25) is 0 Å². The normalized spacial score (nSPS) is 16.3. The molecule has 4 rings (SSSR count). The van der Waals surface area contributed by atoms with Crippen LogP contribution in [0, 0.1) is 0 Å². The second-order valence-electron chi connectivity index (χ2n) is 10.1. The molecule has 12 heteroatoms. The van der Waals surface area contributed by atoms with Gasteiger partial charge in [0.15, 0.2) is 5.82 Å². The highest BCUT2D eigenvalue weighted by atomic mass is 32.2. The lowest BCUT2D eigenvalue weighted by Crippen LogP contribution is -2.56. The molecule has 1 unspecified atom stereocenters. The predicted molar refractivity (Wildman–Crippen MR) is 154 cm³/mol. The number of thioether (sulfide) groups is 1. The summed E-state index contributed by atoms with van der Waals surface area (Å²) in [4.78, 5) is 62.6. The number of benzene rings is 1. The number of ether oxygens (including phenoxy) is 1. The van der Waals surface area contributed by atoms with Gasteiger partial charge in [-0.1, -0.05) is 43.2 Å². The summed E-state index contributed by atoms with van der Waals surface area (Å²) in [6.45, 7) is 3.08. The molecule has 0 spiro atoms. The van der Waals surface area contributed by atoms with Gasteiger partial charge in [-0.2, -0.15) is 11.8 Å². The number of nitrogens with one attached hydrogen (secondary N) is 1. The number of carbonyl (C=O) groups excluding carboxylic acids is 3. The summed E-state index contributed by atoms with van der Waals surface area (Å²) in [5, 5.41) is 12.6. The van der Waals surface area contributed by atoms with E-state index in [4.69, 9.17) is 9.72 Å². The zero-order valence-corrected chi connectivity index (χ0v) is 24.1. The van der Waals surface area contributed by atoms with E-state index < -0.39 is 29.9 Å². The summed E-state index contributed by atoms with van der Waals surface area (Å²) in [5.41, 5.74) is 1.62. The number of aromatic nitrogens is 2. The number of amides is 3. The fourth-order valence-electron chi connectivity index (χ4n) is 4.96. The number of hydrogen-bond donors (Lipinski definition) is 2. The molecule has 1 aromatic heterocycles. The molecule has 1 aromatic carbocycles. The summed E-state index contributed by atoms with van der Waals surface area (Å²) >= 11 is 1.83. The topological polar surface area (TPSA) is 142 Å². The van der Waals surface area contributed by atoms with Gasteiger partial charge in [-0.05, 0) is 32.3 Å². The number of nitrogens with zero attached hydrogens (tertiary/aromatic N) is 4. The van der Waals surface area contributed by atoms with E-state index in [2.05, 4.69) is 10.3 Å². The number of aliphatic carboxylic acids is 1. The average Bonchev–Trinajstić information content (AvgIpc) is 3.52. The molecule has 2 aliphatic rings. The molecule has 2 fully saturated rings. The minimum atomic E-state index is -1.07. The molecular formula is C29H37N5O6S. The third-order valence-electron chi connectivity index (χ3n) is 7.18. The summed E-state index contributed by atoms with van der Waals surface area (Å²) in [6.07, 6.45) is 4.02. The second kappa shape index (κ2) is 14.8. The zero-order valence-electron chi connectivity index (χ0n) is 23.3. The number of rotatable bonds is 11. The average molecular weight is 584 g/mol. The molecule has 1 saturated heterocycles. The quantitative estimate of drug-likeness (QED) is 0.406. The van der Waals surface area contributed by atoms with Gasteiger partial charge in [0, 0.05) is 49.2 Å². The fraction of sp³-hybridized carbons (Fsp3) is 0.517. The summed E-state index contributed by atoms with van der Waals surface area (Å²) < 4.78 is 5.04. The van der Waals surface area contributed by atoms with Crippen LogP contribution in [0.15, 0.2) is 36.4 Å². The summed E-state index contributed by atoms with van der Waals surface area (Å²) in [6, 6.07) is 9.99. The minimum Gasteiger partial charge on any atom is -0.481 e. The van der Waals surface area contributed by atoms with Crippen LogP contribution in [-0.2, 0) is 20.1 Å². The first-order valence-corrected chi connectivity index (χ1v) is 15.2. The van der Waals surface area contributed by atoms with E-state index in [9.17, 15) is 24.3 Å². The van der Waals surface area contributed by atoms with Gasteiger partial charge in [0.1, 0.15) is 11.7 Å². The Kier molecular flexibility index (Phi) is 10.9. The largest absolute Gasteiger partial charge is 0.481 e. The Balaban J connectivity index is 1.50. The van der Waals surface area contributed by atoms with Crippen LogP contribution in [0.1, 0.15) is 61.6 Å². The van der Waals surface area contributed by atoms with Crippen molar-refractivity contribution in [2.75, 3.05) is 32.8 Å². The molecule has 41 heavy (non-hydrogen) atoms. The van der Waals surface area contributed by atoms with E-state index >= 15 is 0 Å². The van der Waals surface area contributed by atoms with E-state index in [1.807, 2.05) is 42.1 Å². The van der Waals surface area contributed by atoms with Crippen molar-refractivity contribution in [2.24, 2.45) is 0 Å². The Morgan fingerprint density at radius 1 is 1.05 bits per heavy atom. The molecule has 220 valence electrons. The van der Waals surface area contributed by atoms with Crippen LogP contribution < -0.4 is 5.32 Å². The molecule has 1 aliphatic carbocycles. The SMILES string of the molecule is CCOC(=O)N1CCN(C(=O)C(CCC(=O)O)NC(=O)c2cc(CSC3CCCC3)nc(-c3ccccc3)n2)CC1. The maximum atomic E-state index is 13.5. The Morgan fingerprint density at radius 2 is 1.73 bits per heavy atom. The number of carboxylic acid groups (broad SMARTS) is 1. The van der Waals surface area contributed by atoms with Crippen molar-refractivity contribution < 1.29 is 29.0 Å². The molecule has 0 radical (unpaired) electrons. The van der Waals surface area contributed by atoms with E-state index in [1.165, 1.54) is 30.6 Å². The third-order valence-corrected chi connectivity index (χ3v) is 8.59. The summed E-state index contributed by atoms with van der Waals surface area (Å²) in [7, 11) is 0. The van der Waals surface area contributed by atoms with Gasteiger partial charge in [0.05, 0.1) is 12.3 Å². The predicted octanol–water partition coefficient (Wildman–Crippen LogP) is 3.58. The molecule has 11 nitrogen and oxygen atoms in total. The highest BCUT2D eigenvalue weighted by molar-refractivity contribution is 7.99. The molecule has 2 aromatic rings. The van der Waals surface area contributed by atoms with Crippen molar-refractivity contribution in [1.82, 2.24) is 25.1 Å². The second-order valence-corrected chi connectivity index (χ2v) is 11.4. The van der Waals surface area contributed by atoms with E-state index in [0.29, 0.717) is 29.9 Å². The Bertz CT molecular complexity index is 1220. The zero-order chi connectivity index (χ0) is 29.2. The van der Waals surface area contributed by atoms with Crippen molar-refractivity contribution in [3.05, 3.63) is 47.8 Å². The standard InChI is InChI=1S/C29H37N5O6S/c1-2-40-29(39)34-16-14-33(15-17-34)28(38)23(12-13-25(35)36)32-27(37)24-18-21(19-41-22-10-6-7-11-22)30-26(31-24)20-8-4-3-5-9-20/h3-5,8-9,18,22-23H,2,6-7,10-17,19H2,1H3,(H,32,37)(H,35,36). The minimum absolute atomic E-state index is 0.0704. The molecule has 3 amide bonds. The first-order chi connectivity index (χ1) is 19.8. The van der Waals surface area contributed by atoms with Gasteiger partial charge in [0.2, 0.25) is 5.91 Å². The highest BCUT2D eigenvalue weighted by Gasteiger charge is 2.31. The van der Waals surface area contributed by atoms with Gasteiger partial charge in [-0.15, -0.1) is 0 Å². The third kappa shape index (κ3) is 8.66. The molecule has 1 saturated carbocycles. The van der Waals surface area contributed by atoms with Crippen molar-refractivity contribution in [3.8, 4) is 11.4 Å². The first-order valence-electron chi connectivity index (χ1n) is 14.1. The molecule has 2 heterocycles. The molecular weight excluding hydrogens is 546 g/mol. The van der Waals surface area contributed by atoms with Crippen molar-refractivity contribution in [2.45, 2.75) is 62.5 Å². The maximum Gasteiger partial charge on any atom is 0.409 e. The lowest BCUT2D eigenvalue weighted by molar-refractivity contribution is -0.138. The lowest BCUT2D eigenvalue weighted by atomic mass is 10.1. The van der Waals surface area contributed by atoms with Crippen molar-refractivity contribution in [1.29, 1.82) is 0 Å². The number of carbonyl (C=O) groups is 4. The molecule has 1 aliphatic heterocycles. The lowest BCUT2D eigenvalue weighted by Gasteiger charge is -2.35. The van der Waals surface area contributed by atoms with Crippen LogP contribution >= 0.6 is 11.8 Å². The molecule has 0 bridgehead atoms. The number of carboxylic acids is 1. The Hall–Kier alpha value is -3.67. The van der Waals surface area contributed by atoms with Crippen LogP contribution in [0.5, 0.6) is 0 Å². The van der Waals surface area contributed by atoms with Gasteiger partial charge in [-0.3, -0.25) is 14.4 Å². The Labute approximate surface area is 244 Å². The monoisotopic (exact) mass is 583 g/mol. The Morgan fingerprint density at radius 3 is 2.39 bits per heavy atom. The summed E-state index contributed by atoms with van der Waals surface area (Å²) in [5.74, 6) is -0.963. The van der Waals surface area contributed by atoms with E-state index in [1.54, 1.807) is 17.9 Å². The molecule has 2 N–H and O–H groups in total.